The van der Waals surface area contributed by atoms with Gasteiger partial charge < -0.3 is 41.0 Å². The van der Waals surface area contributed by atoms with Crippen molar-refractivity contribution < 1.29 is 34.7 Å². The van der Waals surface area contributed by atoms with Crippen LogP contribution >= 0.6 is 0 Å². The van der Waals surface area contributed by atoms with Crippen LogP contribution in [-0.4, -0.2) is 69.7 Å². The standard InChI is InChI=1S/C17H22N2O7/c1-7(4-8-2-3-9(18)10(20)5-8)17(24)19-11-12(21)14(23)16-15(13(11)22)25-6-26-16/h2-5,11-16,20-23H,6,18H2,1H3,(H,19,24)/b7-4+/t11-,12+,13-,14-,15+,16-/m1/s1. The van der Waals surface area contributed by atoms with Gasteiger partial charge in [0.05, 0.1) is 11.7 Å². The van der Waals surface area contributed by atoms with E-state index in [0.717, 1.165) is 0 Å². The number of aliphatic hydroxyl groups excluding tert-OH is 3. The highest BCUT2D eigenvalue weighted by molar-refractivity contribution is 5.97. The van der Waals surface area contributed by atoms with Crippen LogP contribution in [0.2, 0.25) is 0 Å². The number of amides is 1. The first kappa shape index (κ1) is 18.6. The number of phenolic OH excluding ortho intramolecular Hbond substituents is 1. The first-order chi connectivity index (χ1) is 12.3. The minimum absolute atomic E-state index is 0.0994. The van der Waals surface area contributed by atoms with Gasteiger partial charge >= 0.3 is 0 Å². The maximum absolute atomic E-state index is 12.4. The first-order valence-corrected chi connectivity index (χ1v) is 8.14. The number of phenols is 1. The van der Waals surface area contributed by atoms with Gasteiger partial charge in [-0.15, -0.1) is 0 Å². The maximum Gasteiger partial charge on any atom is 0.247 e. The molecule has 1 heterocycles. The Bertz CT molecular complexity index is 723. The lowest BCUT2D eigenvalue weighted by Gasteiger charge is -2.41. The number of carbonyl (C=O) groups is 1. The number of anilines is 1. The zero-order chi connectivity index (χ0) is 19.0. The molecule has 0 radical (unpaired) electrons. The average Bonchev–Trinajstić information content (AvgIpc) is 3.10. The van der Waals surface area contributed by atoms with Crippen LogP contribution in [0.4, 0.5) is 5.69 Å². The molecule has 1 aliphatic heterocycles. The van der Waals surface area contributed by atoms with Gasteiger partial charge in [0.25, 0.3) is 0 Å². The Morgan fingerprint density at radius 2 is 1.85 bits per heavy atom. The summed E-state index contributed by atoms with van der Waals surface area (Å²) in [7, 11) is 0. The van der Waals surface area contributed by atoms with E-state index in [9.17, 15) is 25.2 Å². The quantitative estimate of drug-likeness (QED) is 0.219. The number of fused-ring (bicyclic) bond motifs is 1. The second-order valence-corrected chi connectivity index (χ2v) is 6.50. The van der Waals surface area contributed by atoms with Crippen LogP contribution in [0.3, 0.4) is 0 Å². The number of ether oxygens (including phenoxy) is 2. The van der Waals surface area contributed by atoms with Gasteiger partial charge in [0, 0.05) is 5.57 Å². The molecule has 0 spiro atoms. The minimum atomic E-state index is -1.41. The SMILES string of the molecule is C/C(=C\c1ccc(N)c(O)c1)C(=O)N[C@@H]1[C@H](O)[C@@H](O)[C@H]2OCO[C@H]2[C@@H]1O. The van der Waals surface area contributed by atoms with Crippen LogP contribution < -0.4 is 11.1 Å². The fraction of sp³-hybridized carbons (Fsp3) is 0.471. The van der Waals surface area contributed by atoms with Crippen molar-refractivity contribution in [1.82, 2.24) is 5.32 Å². The summed E-state index contributed by atoms with van der Waals surface area (Å²) < 4.78 is 10.4. The molecule has 1 amide bonds. The van der Waals surface area contributed by atoms with E-state index >= 15 is 0 Å². The molecule has 6 atom stereocenters. The van der Waals surface area contributed by atoms with Crippen LogP contribution in [0.15, 0.2) is 23.8 Å². The number of nitrogens with two attached hydrogens (primary N) is 1. The Morgan fingerprint density at radius 3 is 2.50 bits per heavy atom. The fourth-order valence-electron chi connectivity index (χ4n) is 3.19. The van der Waals surface area contributed by atoms with Crippen molar-refractivity contribution in [2.24, 2.45) is 0 Å². The predicted molar refractivity (Wildman–Crippen MR) is 90.7 cm³/mol. The Balaban J connectivity index is 1.73. The zero-order valence-electron chi connectivity index (χ0n) is 14.1. The molecule has 2 fully saturated rings. The van der Waals surface area contributed by atoms with Crippen molar-refractivity contribution in [3.8, 4) is 5.75 Å². The lowest BCUT2D eigenvalue weighted by Crippen LogP contribution is -2.67. The Labute approximate surface area is 149 Å². The molecular formula is C17H22N2O7. The number of carbonyl (C=O) groups excluding carboxylic acids is 1. The largest absolute Gasteiger partial charge is 0.506 e. The van der Waals surface area contributed by atoms with Crippen molar-refractivity contribution in [3.05, 3.63) is 29.3 Å². The summed E-state index contributed by atoms with van der Waals surface area (Å²) in [4.78, 5) is 12.4. The molecular weight excluding hydrogens is 344 g/mol. The summed E-state index contributed by atoms with van der Waals surface area (Å²) in [6, 6.07) is 3.43. The molecule has 0 unspecified atom stereocenters. The summed E-state index contributed by atoms with van der Waals surface area (Å²) in [6.07, 6.45) is -4.11. The Kier molecular flexibility index (Phi) is 5.17. The van der Waals surface area contributed by atoms with Crippen molar-refractivity contribution in [3.63, 3.8) is 0 Å². The predicted octanol–water partition coefficient (Wildman–Crippen LogP) is -1.30. The lowest BCUT2D eigenvalue weighted by atomic mass is 9.83. The molecule has 1 aliphatic carbocycles. The number of aliphatic hydroxyl groups is 3. The van der Waals surface area contributed by atoms with Crippen LogP contribution in [0.5, 0.6) is 5.75 Å². The van der Waals surface area contributed by atoms with Crippen LogP contribution in [0, 0.1) is 0 Å². The van der Waals surface area contributed by atoms with Crippen molar-refractivity contribution in [1.29, 1.82) is 0 Å². The molecule has 1 saturated heterocycles. The van der Waals surface area contributed by atoms with Gasteiger partial charge in [-0.05, 0) is 30.7 Å². The first-order valence-electron chi connectivity index (χ1n) is 8.14. The highest BCUT2D eigenvalue weighted by atomic mass is 16.7. The molecule has 0 aromatic heterocycles. The molecule has 3 rings (SSSR count). The Hall–Kier alpha value is -2.17. The third-order valence-corrected chi connectivity index (χ3v) is 4.70. The smallest absolute Gasteiger partial charge is 0.247 e. The summed E-state index contributed by atoms with van der Waals surface area (Å²) in [5, 5.41) is 42.8. The summed E-state index contributed by atoms with van der Waals surface area (Å²) in [6.45, 7) is 1.44. The van der Waals surface area contributed by atoms with E-state index in [1.807, 2.05) is 0 Å². The average molecular weight is 366 g/mol. The second kappa shape index (κ2) is 7.22. The lowest BCUT2D eigenvalue weighted by molar-refractivity contribution is -0.155. The molecule has 2 aliphatic rings. The van der Waals surface area contributed by atoms with Gasteiger partial charge in [-0.2, -0.15) is 0 Å². The molecule has 1 aromatic carbocycles. The molecule has 26 heavy (non-hydrogen) atoms. The van der Waals surface area contributed by atoms with E-state index in [4.69, 9.17) is 15.2 Å². The number of rotatable bonds is 3. The topological polar surface area (TPSA) is 154 Å². The highest BCUT2D eigenvalue weighted by Gasteiger charge is 2.53. The van der Waals surface area contributed by atoms with E-state index in [1.54, 1.807) is 13.0 Å². The summed E-state index contributed by atoms with van der Waals surface area (Å²) in [5.41, 5.74) is 6.59. The zero-order valence-corrected chi connectivity index (χ0v) is 14.1. The minimum Gasteiger partial charge on any atom is -0.506 e. The van der Waals surface area contributed by atoms with Gasteiger partial charge in [0.15, 0.2) is 0 Å². The fourth-order valence-corrected chi connectivity index (χ4v) is 3.19. The van der Waals surface area contributed by atoms with Gasteiger partial charge in [0.1, 0.15) is 43.1 Å². The molecule has 0 bridgehead atoms. The third kappa shape index (κ3) is 3.39. The van der Waals surface area contributed by atoms with Crippen LogP contribution in [0.25, 0.3) is 6.08 Å². The number of hydrogen-bond donors (Lipinski definition) is 6. The molecule has 9 heteroatoms. The highest BCUT2D eigenvalue weighted by Crippen LogP contribution is 2.30. The molecule has 1 saturated carbocycles. The molecule has 7 N–H and O–H groups in total. The maximum atomic E-state index is 12.4. The molecule has 9 nitrogen and oxygen atoms in total. The van der Waals surface area contributed by atoms with Crippen LogP contribution in [-0.2, 0) is 14.3 Å². The number of nitrogens with one attached hydrogen (secondary N) is 1. The van der Waals surface area contributed by atoms with Gasteiger partial charge in [-0.25, -0.2) is 0 Å². The van der Waals surface area contributed by atoms with E-state index in [0.29, 0.717) is 5.56 Å². The number of aromatic hydroxyl groups is 1. The molecule has 1 aromatic rings. The second-order valence-electron chi connectivity index (χ2n) is 6.50. The van der Waals surface area contributed by atoms with Crippen LogP contribution in [0.1, 0.15) is 12.5 Å². The normalized spacial score (nSPS) is 34.4. The van der Waals surface area contributed by atoms with E-state index in [2.05, 4.69) is 5.32 Å². The van der Waals surface area contributed by atoms with Crippen molar-refractivity contribution in [2.75, 3.05) is 12.5 Å². The summed E-state index contributed by atoms with van der Waals surface area (Å²) in [5.74, 6) is -0.647. The number of nitrogen functional groups attached to an aromatic ring is 1. The van der Waals surface area contributed by atoms with E-state index < -0.39 is 42.5 Å². The third-order valence-electron chi connectivity index (χ3n) is 4.70. The Morgan fingerprint density at radius 1 is 1.19 bits per heavy atom. The van der Waals surface area contributed by atoms with E-state index in [-0.39, 0.29) is 23.8 Å². The van der Waals surface area contributed by atoms with Gasteiger partial charge in [-0.3, -0.25) is 4.79 Å². The molecule has 142 valence electrons. The monoisotopic (exact) mass is 366 g/mol. The van der Waals surface area contributed by atoms with Gasteiger partial charge in [-0.1, -0.05) is 6.07 Å². The number of hydrogen-bond acceptors (Lipinski definition) is 8. The van der Waals surface area contributed by atoms with E-state index in [1.165, 1.54) is 18.2 Å². The summed E-state index contributed by atoms with van der Waals surface area (Å²) >= 11 is 0. The van der Waals surface area contributed by atoms with Crippen molar-refractivity contribution >= 4 is 17.7 Å². The van der Waals surface area contributed by atoms with Gasteiger partial charge in [0.2, 0.25) is 5.91 Å². The van der Waals surface area contributed by atoms with Crippen molar-refractivity contribution in [2.45, 2.75) is 43.5 Å². The number of benzene rings is 1.